The third kappa shape index (κ3) is 4.88. The number of benzene rings is 3. The summed E-state index contributed by atoms with van der Waals surface area (Å²) in [5, 5.41) is 0.381. The minimum Gasteiger partial charge on any atom is -0.454 e. The first-order valence-electron chi connectivity index (χ1n) is 8.31. The third-order valence-electron chi connectivity index (χ3n) is 3.90. The maximum atomic E-state index is 12.7. The molecule has 3 aromatic rings. The van der Waals surface area contributed by atoms with Crippen LogP contribution in [0, 0.1) is 0 Å². The van der Waals surface area contributed by atoms with E-state index in [4.69, 9.17) is 16.3 Å². The van der Waals surface area contributed by atoms with Crippen molar-refractivity contribution in [3.8, 4) is 11.5 Å². The SMILES string of the molecule is CNS(=O)(=O)c1ccc(S(=O)(=O)Nc2ccccc2Oc2ccccc2Cl)cc1. The van der Waals surface area contributed by atoms with Gasteiger partial charge in [0.15, 0.2) is 5.75 Å². The van der Waals surface area contributed by atoms with Crippen LogP contribution >= 0.6 is 11.6 Å². The number of sulfonamides is 2. The molecule has 10 heteroatoms. The number of nitrogens with one attached hydrogen (secondary N) is 2. The van der Waals surface area contributed by atoms with Crippen molar-refractivity contribution in [1.29, 1.82) is 0 Å². The van der Waals surface area contributed by atoms with Crippen LogP contribution in [0.25, 0.3) is 0 Å². The maximum absolute atomic E-state index is 12.7. The topological polar surface area (TPSA) is 102 Å². The molecule has 0 heterocycles. The lowest BCUT2D eigenvalue weighted by atomic mass is 10.3. The second-order valence-corrected chi connectivity index (χ2v) is 9.79. The summed E-state index contributed by atoms with van der Waals surface area (Å²) in [6.45, 7) is 0. The first-order valence-corrected chi connectivity index (χ1v) is 11.7. The van der Waals surface area contributed by atoms with Crippen molar-refractivity contribution in [2.75, 3.05) is 11.8 Å². The van der Waals surface area contributed by atoms with Crippen LogP contribution in [-0.2, 0) is 20.0 Å². The molecule has 29 heavy (non-hydrogen) atoms. The van der Waals surface area contributed by atoms with E-state index in [1.54, 1.807) is 48.5 Å². The molecule has 0 saturated heterocycles. The Labute approximate surface area is 174 Å². The summed E-state index contributed by atoms with van der Waals surface area (Å²) in [7, 11) is -6.37. The van der Waals surface area contributed by atoms with Gasteiger partial charge in [0.25, 0.3) is 10.0 Å². The fourth-order valence-electron chi connectivity index (χ4n) is 2.41. The molecule has 152 valence electrons. The summed E-state index contributed by atoms with van der Waals surface area (Å²) < 4.78 is 59.5. The normalized spacial score (nSPS) is 11.8. The summed E-state index contributed by atoms with van der Waals surface area (Å²) in [6.07, 6.45) is 0. The van der Waals surface area contributed by atoms with Crippen LogP contribution < -0.4 is 14.2 Å². The van der Waals surface area contributed by atoms with Crippen LogP contribution in [0.5, 0.6) is 11.5 Å². The first kappa shape index (κ1) is 21.1. The van der Waals surface area contributed by atoms with E-state index in [1.807, 2.05) is 0 Å². The number of ether oxygens (including phenoxy) is 1. The Balaban J connectivity index is 1.89. The van der Waals surface area contributed by atoms with Gasteiger partial charge in [0.2, 0.25) is 10.0 Å². The second kappa shape index (κ2) is 8.42. The predicted octanol–water partition coefficient (Wildman–Crippen LogP) is 3.84. The van der Waals surface area contributed by atoms with Gasteiger partial charge >= 0.3 is 0 Å². The van der Waals surface area contributed by atoms with Gasteiger partial charge in [-0.15, -0.1) is 0 Å². The standard InChI is InChI=1S/C19H17ClN2O5S2/c1-21-28(23,24)14-10-12-15(13-11-14)29(25,26)22-17-7-3-5-9-19(17)27-18-8-4-2-6-16(18)20/h2-13,21-22H,1H3. The Bertz CT molecular complexity index is 1230. The quantitative estimate of drug-likeness (QED) is 0.567. The van der Waals surface area contributed by atoms with Crippen molar-refractivity contribution in [3.05, 3.63) is 77.8 Å². The number of hydrogen-bond acceptors (Lipinski definition) is 5. The smallest absolute Gasteiger partial charge is 0.262 e. The number of rotatable bonds is 7. The number of anilines is 1. The summed E-state index contributed by atoms with van der Waals surface area (Å²) in [5.41, 5.74) is 0.208. The number of para-hydroxylation sites is 3. The van der Waals surface area contributed by atoms with Crippen LogP contribution in [-0.4, -0.2) is 23.9 Å². The molecular weight excluding hydrogens is 436 g/mol. The van der Waals surface area contributed by atoms with Gasteiger partial charge in [0, 0.05) is 0 Å². The minimum atomic E-state index is -3.99. The number of hydrogen-bond donors (Lipinski definition) is 2. The van der Waals surface area contributed by atoms with Gasteiger partial charge in [-0.3, -0.25) is 4.72 Å². The lowest BCUT2D eigenvalue weighted by Gasteiger charge is -2.14. The van der Waals surface area contributed by atoms with E-state index >= 15 is 0 Å². The van der Waals surface area contributed by atoms with Gasteiger partial charge < -0.3 is 4.74 Å². The van der Waals surface area contributed by atoms with Gasteiger partial charge in [0.05, 0.1) is 20.5 Å². The van der Waals surface area contributed by atoms with Crippen molar-refractivity contribution in [3.63, 3.8) is 0 Å². The van der Waals surface area contributed by atoms with Gasteiger partial charge in [-0.25, -0.2) is 21.6 Å². The van der Waals surface area contributed by atoms with Gasteiger partial charge in [0.1, 0.15) is 5.75 Å². The van der Waals surface area contributed by atoms with E-state index < -0.39 is 20.0 Å². The van der Waals surface area contributed by atoms with Crippen LogP contribution in [0.3, 0.4) is 0 Å². The van der Waals surface area contributed by atoms with Gasteiger partial charge in [-0.1, -0.05) is 35.9 Å². The van der Waals surface area contributed by atoms with Crippen LogP contribution in [0.4, 0.5) is 5.69 Å². The minimum absolute atomic E-state index is 0.0404. The van der Waals surface area contributed by atoms with E-state index in [1.165, 1.54) is 31.3 Å². The molecule has 0 saturated carbocycles. The molecule has 0 fully saturated rings. The lowest BCUT2D eigenvalue weighted by Crippen LogP contribution is -2.19. The Hall–Kier alpha value is -2.59. The van der Waals surface area contributed by atoms with Crippen LogP contribution in [0.1, 0.15) is 0 Å². The molecule has 2 N–H and O–H groups in total. The van der Waals surface area contributed by atoms with Gasteiger partial charge in [-0.2, -0.15) is 0 Å². The van der Waals surface area contributed by atoms with E-state index in [0.29, 0.717) is 10.8 Å². The lowest BCUT2D eigenvalue weighted by molar-refractivity contribution is 0.485. The van der Waals surface area contributed by atoms with Crippen molar-refractivity contribution < 1.29 is 21.6 Å². The first-order chi connectivity index (χ1) is 13.7. The van der Waals surface area contributed by atoms with E-state index in [2.05, 4.69) is 9.44 Å². The number of halogens is 1. The molecule has 0 atom stereocenters. The second-order valence-electron chi connectivity index (χ2n) is 5.81. The molecule has 0 aliphatic heterocycles. The summed E-state index contributed by atoms with van der Waals surface area (Å²) in [6, 6.07) is 18.2. The fourth-order valence-corrected chi connectivity index (χ4v) is 4.38. The zero-order valence-electron chi connectivity index (χ0n) is 15.2. The molecule has 7 nitrogen and oxygen atoms in total. The van der Waals surface area contributed by atoms with Gasteiger partial charge in [-0.05, 0) is 55.6 Å². The summed E-state index contributed by atoms with van der Waals surface area (Å²) in [4.78, 5) is -0.137. The zero-order valence-corrected chi connectivity index (χ0v) is 17.6. The molecule has 0 amide bonds. The van der Waals surface area contributed by atoms with E-state index in [9.17, 15) is 16.8 Å². The highest BCUT2D eigenvalue weighted by Crippen LogP contribution is 2.34. The highest BCUT2D eigenvalue weighted by Gasteiger charge is 2.19. The molecule has 0 unspecified atom stereocenters. The average Bonchev–Trinajstić information content (AvgIpc) is 2.71. The molecular formula is C19H17ClN2O5S2. The summed E-state index contributed by atoms with van der Waals surface area (Å²) >= 11 is 6.10. The Morgan fingerprint density at radius 1 is 0.724 bits per heavy atom. The van der Waals surface area contributed by atoms with E-state index in [-0.39, 0.29) is 21.2 Å². The van der Waals surface area contributed by atoms with Crippen molar-refractivity contribution in [1.82, 2.24) is 4.72 Å². The molecule has 3 rings (SSSR count). The molecule has 3 aromatic carbocycles. The Morgan fingerprint density at radius 3 is 1.83 bits per heavy atom. The highest BCUT2D eigenvalue weighted by molar-refractivity contribution is 7.92. The molecule has 0 aromatic heterocycles. The average molecular weight is 453 g/mol. The largest absolute Gasteiger partial charge is 0.454 e. The highest BCUT2D eigenvalue weighted by atomic mass is 35.5. The predicted molar refractivity (Wildman–Crippen MR) is 111 cm³/mol. The summed E-state index contributed by atoms with van der Waals surface area (Å²) in [5.74, 6) is 0.640. The molecule has 0 bridgehead atoms. The third-order valence-corrected chi connectivity index (χ3v) is 7.02. The molecule has 0 spiro atoms. The molecule has 0 radical (unpaired) electrons. The molecule has 0 aliphatic rings. The zero-order chi connectivity index (χ0) is 21.1. The maximum Gasteiger partial charge on any atom is 0.262 e. The van der Waals surface area contributed by atoms with E-state index in [0.717, 1.165) is 0 Å². The monoisotopic (exact) mass is 452 g/mol. The molecule has 0 aliphatic carbocycles. The van der Waals surface area contributed by atoms with Crippen molar-refractivity contribution in [2.45, 2.75) is 9.79 Å². The van der Waals surface area contributed by atoms with Crippen molar-refractivity contribution >= 4 is 37.3 Å². The van der Waals surface area contributed by atoms with Crippen molar-refractivity contribution in [2.24, 2.45) is 0 Å². The Morgan fingerprint density at radius 2 is 1.24 bits per heavy atom. The fraction of sp³-hybridized carbons (Fsp3) is 0.0526. The van der Waals surface area contributed by atoms with Crippen LogP contribution in [0.15, 0.2) is 82.6 Å². The van der Waals surface area contributed by atoms with Crippen LogP contribution in [0.2, 0.25) is 5.02 Å². The Kier molecular flexibility index (Phi) is 6.13.